The first-order valence-corrected chi connectivity index (χ1v) is 6.72. The van der Waals surface area contributed by atoms with Crippen LogP contribution in [0.2, 0.25) is 0 Å². The molecule has 0 heterocycles. The van der Waals surface area contributed by atoms with E-state index in [0.29, 0.717) is 10.0 Å². The monoisotopic (exact) mass is 358 g/mol. The number of carbonyl (C=O) groups is 1. The van der Waals surface area contributed by atoms with Gasteiger partial charge in [-0.2, -0.15) is 0 Å². The second-order valence-corrected chi connectivity index (χ2v) is 5.24. The summed E-state index contributed by atoms with van der Waals surface area (Å²) in [4.78, 5) is 12.3. The van der Waals surface area contributed by atoms with Gasteiger partial charge < -0.3 is 4.74 Å². The van der Waals surface area contributed by atoms with Crippen molar-refractivity contribution in [3.05, 3.63) is 63.6 Å². The van der Waals surface area contributed by atoms with Crippen LogP contribution >= 0.6 is 15.9 Å². The molecule has 0 aliphatic carbocycles. The molecule has 110 valence electrons. The van der Waals surface area contributed by atoms with Crippen LogP contribution in [0.5, 0.6) is 5.75 Å². The van der Waals surface area contributed by atoms with E-state index in [4.69, 9.17) is 0 Å². The summed E-state index contributed by atoms with van der Waals surface area (Å²) >= 11 is 3.28. The van der Waals surface area contributed by atoms with Gasteiger partial charge in [0.25, 0.3) is 0 Å². The fourth-order valence-corrected chi connectivity index (χ4v) is 2.47. The predicted molar refractivity (Wildman–Crippen MR) is 75.4 cm³/mol. The summed E-state index contributed by atoms with van der Waals surface area (Å²) in [5.41, 5.74) is 1.47. The van der Waals surface area contributed by atoms with E-state index in [2.05, 4.69) is 20.7 Å². The van der Waals surface area contributed by atoms with Crippen molar-refractivity contribution in [2.24, 2.45) is 0 Å². The Hall–Kier alpha value is -1.82. The molecule has 2 nitrogen and oxygen atoms in total. The maximum Gasteiger partial charge on any atom is 0.573 e. The van der Waals surface area contributed by atoms with Crippen molar-refractivity contribution in [3.63, 3.8) is 0 Å². The summed E-state index contributed by atoms with van der Waals surface area (Å²) in [7, 11) is 0. The van der Waals surface area contributed by atoms with Crippen molar-refractivity contribution in [1.82, 2.24) is 0 Å². The molecular weight excluding hydrogens is 349 g/mol. The maximum absolute atomic E-state index is 12.3. The van der Waals surface area contributed by atoms with Crippen LogP contribution in [0.15, 0.2) is 46.9 Å². The molecule has 0 unspecified atom stereocenters. The number of halogens is 4. The Labute approximate surface area is 127 Å². The van der Waals surface area contributed by atoms with Gasteiger partial charge in [-0.1, -0.05) is 34.1 Å². The standard InChI is InChI=1S/C15H10BrF3O2/c1-9-5-6-12(13(16)7-9)14(20)10-3-2-4-11(8-10)21-15(17,18)19/h2-8H,1H3. The highest BCUT2D eigenvalue weighted by Crippen LogP contribution is 2.26. The van der Waals surface area contributed by atoms with Gasteiger partial charge in [0.15, 0.2) is 5.78 Å². The fraction of sp³-hybridized carbons (Fsp3) is 0.133. The van der Waals surface area contributed by atoms with Gasteiger partial charge in [0, 0.05) is 15.6 Å². The highest BCUT2D eigenvalue weighted by Gasteiger charge is 2.31. The Morgan fingerprint density at radius 2 is 1.86 bits per heavy atom. The van der Waals surface area contributed by atoms with Crippen LogP contribution in [0, 0.1) is 6.92 Å². The topological polar surface area (TPSA) is 26.3 Å². The average molecular weight is 359 g/mol. The molecule has 2 aromatic carbocycles. The maximum atomic E-state index is 12.3. The number of hydrogen-bond acceptors (Lipinski definition) is 2. The van der Waals surface area contributed by atoms with E-state index in [-0.39, 0.29) is 11.3 Å². The first-order chi connectivity index (χ1) is 9.76. The quantitative estimate of drug-likeness (QED) is 0.730. The van der Waals surface area contributed by atoms with E-state index in [9.17, 15) is 18.0 Å². The lowest BCUT2D eigenvalue weighted by atomic mass is 10.0. The number of ketones is 1. The van der Waals surface area contributed by atoms with Gasteiger partial charge in [0.05, 0.1) is 0 Å². The molecule has 2 rings (SSSR count). The minimum Gasteiger partial charge on any atom is -0.406 e. The van der Waals surface area contributed by atoms with Crippen molar-refractivity contribution in [2.75, 3.05) is 0 Å². The molecule has 0 aliphatic rings. The summed E-state index contributed by atoms with van der Waals surface area (Å²) in [6.07, 6.45) is -4.79. The molecule has 0 aliphatic heterocycles. The van der Waals surface area contributed by atoms with Gasteiger partial charge in [-0.25, -0.2) is 0 Å². The highest BCUT2D eigenvalue weighted by molar-refractivity contribution is 9.10. The van der Waals surface area contributed by atoms with Crippen LogP contribution in [0.1, 0.15) is 21.5 Å². The molecule has 0 atom stereocenters. The number of rotatable bonds is 3. The molecule has 0 saturated carbocycles. The van der Waals surface area contributed by atoms with E-state index < -0.39 is 12.1 Å². The fourth-order valence-electron chi connectivity index (χ4n) is 1.79. The normalized spacial score (nSPS) is 11.3. The number of alkyl halides is 3. The molecule has 21 heavy (non-hydrogen) atoms. The second kappa shape index (κ2) is 5.89. The summed E-state index contributed by atoms with van der Waals surface area (Å²) < 4.78 is 41.0. The van der Waals surface area contributed by atoms with Gasteiger partial charge in [0.2, 0.25) is 0 Å². The highest BCUT2D eigenvalue weighted by atomic mass is 79.9. The van der Waals surface area contributed by atoms with Gasteiger partial charge in [0.1, 0.15) is 5.75 Å². The largest absolute Gasteiger partial charge is 0.573 e. The zero-order chi connectivity index (χ0) is 15.6. The Morgan fingerprint density at radius 3 is 2.48 bits per heavy atom. The Bertz CT molecular complexity index is 681. The molecule has 0 radical (unpaired) electrons. The van der Waals surface area contributed by atoms with E-state index in [0.717, 1.165) is 17.7 Å². The Kier molecular flexibility index (Phi) is 4.37. The van der Waals surface area contributed by atoms with E-state index in [1.807, 2.05) is 6.92 Å². The molecule has 0 bridgehead atoms. The lowest BCUT2D eigenvalue weighted by molar-refractivity contribution is -0.274. The van der Waals surface area contributed by atoms with Crippen molar-refractivity contribution in [3.8, 4) is 5.75 Å². The Balaban J connectivity index is 2.33. The van der Waals surface area contributed by atoms with Crippen LogP contribution in [0.25, 0.3) is 0 Å². The number of ether oxygens (including phenoxy) is 1. The molecule has 0 aromatic heterocycles. The first-order valence-electron chi connectivity index (χ1n) is 5.93. The number of aryl methyl sites for hydroxylation is 1. The van der Waals surface area contributed by atoms with Crippen molar-refractivity contribution < 1.29 is 22.7 Å². The summed E-state index contributed by atoms with van der Waals surface area (Å²) in [5.74, 6) is -0.800. The van der Waals surface area contributed by atoms with Crippen molar-refractivity contribution in [1.29, 1.82) is 0 Å². The van der Waals surface area contributed by atoms with Gasteiger partial charge in [-0.15, -0.1) is 13.2 Å². The van der Waals surface area contributed by atoms with E-state index >= 15 is 0 Å². The third-order valence-electron chi connectivity index (χ3n) is 2.70. The summed E-state index contributed by atoms with van der Waals surface area (Å²) in [6.45, 7) is 1.87. The minimum absolute atomic E-state index is 0.126. The number of hydrogen-bond donors (Lipinski definition) is 0. The number of carbonyl (C=O) groups excluding carboxylic acids is 1. The summed E-state index contributed by atoms with van der Waals surface area (Å²) in [5, 5.41) is 0. The van der Waals surface area contributed by atoms with Crippen LogP contribution in [-0.2, 0) is 0 Å². The van der Waals surface area contributed by atoms with Crippen molar-refractivity contribution in [2.45, 2.75) is 13.3 Å². The minimum atomic E-state index is -4.79. The molecule has 0 N–H and O–H groups in total. The molecule has 0 spiro atoms. The van der Waals surface area contributed by atoms with Crippen LogP contribution < -0.4 is 4.74 Å². The Morgan fingerprint density at radius 1 is 1.14 bits per heavy atom. The predicted octanol–water partition coefficient (Wildman–Crippen LogP) is 4.89. The molecule has 0 fully saturated rings. The molecule has 0 amide bonds. The summed E-state index contributed by atoms with van der Waals surface area (Å²) in [6, 6.07) is 10.2. The van der Waals surface area contributed by atoms with E-state index in [1.165, 1.54) is 12.1 Å². The zero-order valence-corrected chi connectivity index (χ0v) is 12.5. The smallest absolute Gasteiger partial charge is 0.406 e. The van der Waals surface area contributed by atoms with Crippen LogP contribution in [0.3, 0.4) is 0 Å². The second-order valence-electron chi connectivity index (χ2n) is 4.39. The van der Waals surface area contributed by atoms with E-state index in [1.54, 1.807) is 18.2 Å². The number of benzene rings is 2. The molecule has 2 aromatic rings. The average Bonchev–Trinajstić information content (AvgIpc) is 2.36. The van der Waals surface area contributed by atoms with Crippen LogP contribution in [0.4, 0.5) is 13.2 Å². The van der Waals surface area contributed by atoms with Gasteiger partial charge in [-0.05, 0) is 36.8 Å². The first kappa shape index (κ1) is 15.6. The van der Waals surface area contributed by atoms with Gasteiger partial charge >= 0.3 is 6.36 Å². The van der Waals surface area contributed by atoms with Gasteiger partial charge in [-0.3, -0.25) is 4.79 Å². The van der Waals surface area contributed by atoms with Crippen molar-refractivity contribution >= 4 is 21.7 Å². The van der Waals surface area contributed by atoms with Crippen LogP contribution in [-0.4, -0.2) is 12.1 Å². The molecular formula is C15H10BrF3O2. The zero-order valence-electron chi connectivity index (χ0n) is 10.9. The lowest BCUT2D eigenvalue weighted by Crippen LogP contribution is -2.17. The molecule has 0 saturated heterocycles. The third-order valence-corrected chi connectivity index (χ3v) is 3.36. The lowest BCUT2D eigenvalue weighted by Gasteiger charge is -2.10. The SMILES string of the molecule is Cc1ccc(C(=O)c2cccc(OC(F)(F)F)c2)c(Br)c1. The molecule has 6 heteroatoms. The third kappa shape index (κ3) is 4.07.